The van der Waals surface area contributed by atoms with Gasteiger partial charge in [0, 0.05) is 36.8 Å². The van der Waals surface area contributed by atoms with Gasteiger partial charge in [-0.3, -0.25) is 9.78 Å². The molecule has 0 saturated heterocycles. The number of fused-ring (bicyclic) bond motifs is 4. The molecule has 0 unspecified atom stereocenters. The van der Waals surface area contributed by atoms with Gasteiger partial charge < -0.3 is 14.5 Å². The van der Waals surface area contributed by atoms with Crippen LogP contribution < -0.4 is 14.4 Å². The maximum absolute atomic E-state index is 14.3. The predicted octanol–water partition coefficient (Wildman–Crippen LogP) is 6.57. The van der Waals surface area contributed by atoms with E-state index in [2.05, 4.69) is 38.4 Å². The quantitative estimate of drug-likeness (QED) is 0.248. The van der Waals surface area contributed by atoms with Gasteiger partial charge in [0.2, 0.25) is 11.8 Å². The number of amides is 1. The molecule has 1 amide bonds. The van der Waals surface area contributed by atoms with Crippen molar-refractivity contribution in [1.29, 1.82) is 0 Å². The van der Waals surface area contributed by atoms with E-state index in [-0.39, 0.29) is 40.2 Å². The molecule has 258 valence electrons. The number of nitrogens with one attached hydrogen (secondary N) is 1. The second kappa shape index (κ2) is 14.1. The standard InChI is InChI=1S/C37H45N7O4S/c1-25-11-8-12-26(2)34(25)31-20-33-41-36(40-31)42-49(46,47)30-16-9-13-27(19-30)35(45)44(24-37(3,4)17-6-7-18-48-33)23-28-21-38-22-32(39-28)43(5)29-14-10-15-29/h8-9,11-13,16,19-22,29H,6-7,10,14-15,17-18,23-24H2,1-5H3,(H,40,41,42). The van der Waals surface area contributed by atoms with Crippen LogP contribution in [0.2, 0.25) is 0 Å². The van der Waals surface area contributed by atoms with Crippen molar-refractivity contribution in [2.45, 2.75) is 83.7 Å². The first-order valence-electron chi connectivity index (χ1n) is 16.9. The molecule has 0 radical (unpaired) electrons. The van der Waals surface area contributed by atoms with E-state index in [0.29, 0.717) is 30.6 Å². The molecule has 1 aliphatic heterocycles. The minimum Gasteiger partial charge on any atom is -0.478 e. The van der Waals surface area contributed by atoms with Crippen molar-refractivity contribution in [1.82, 2.24) is 24.8 Å². The van der Waals surface area contributed by atoms with Crippen molar-refractivity contribution in [3.63, 3.8) is 0 Å². The summed E-state index contributed by atoms with van der Waals surface area (Å²) in [5.41, 5.74) is 4.13. The molecule has 4 aromatic rings. The fourth-order valence-corrected chi connectivity index (χ4v) is 7.51. The Bertz CT molecular complexity index is 1920. The largest absolute Gasteiger partial charge is 0.478 e. The molecular formula is C37H45N7O4S. The van der Waals surface area contributed by atoms with Crippen LogP contribution in [0.25, 0.3) is 11.3 Å². The molecule has 0 atom stereocenters. The highest BCUT2D eigenvalue weighted by Gasteiger charge is 2.29. The Morgan fingerprint density at radius 2 is 1.73 bits per heavy atom. The number of ether oxygens (including phenoxy) is 1. The minimum atomic E-state index is -4.18. The van der Waals surface area contributed by atoms with Crippen LogP contribution in [0.4, 0.5) is 11.8 Å². The van der Waals surface area contributed by atoms with Crippen LogP contribution in [-0.4, -0.2) is 65.4 Å². The normalized spacial score (nSPS) is 18.1. The third-order valence-electron chi connectivity index (χ3n) is 9.47. The van der Waals surface area contributed by atoms with Crippen LogP contribution >= 0.6 is 0 Å². The summed E-state index contributed by atoms with van der Waals surface area (Å²) in [5, 5.41) is 0. The van der Waals surface area contributed by atoms with Crippen molar-refractivity contribution in [3.8, 4) is 17.1 Å². The molecule has 11 nitrogen and oxygen atoms in total. The molecule has 0 spiro atoms. The summed E-state index contributed by atoms with van der Waals surface area (Å²) in [7, 11) is -2.14. The van der Waals surface area contributed by atoms with E-state index in [9.17, 15) is 13.2 Å². The zero-order valence-corrected chi connectivity index (χ0v) is 29.8. The van der Waals surface area contributed by atoms with E-state index in [1.807, 2.05) is 39.1 Å². The Kier molecular flexibility index (Phi) is 9.87. The molecule has 49 heavy (non-hydrogen) atoms. The van der Waals surface area contributed by atoms with Gasteiger partial charge in [0.25, 0.3) is 15.9 Å². The van der Waals surface area contributed by atoms with E-state index < -0.39 is 10.0 Å². The lowest BCUT2D eigenvalue weighted by atomic mass is 9.86. The van der Waals surface area contributed by atoms with E-state index in [1.165, 1.54) is 18.6 Å². The summed E-state index contributed by atoms with van der Waals surface area (Å²) in [5.74, 6) is 0.678. The third kappa shape index (κ3) is 8.01. The second-order valence-corrected chi connectivity index (χ2v) is 15.7. The molecule has 2 aliphatic rings. The Morgan fingerprint density at radius 1 is 0.980 bits per heavy atom. The highest BCUT2D eigenvalue weighted by Crippen LogP contribution is 2.31. The maximum Gasteiger partial charge on any atom is 0.264 e. The lowest BCUT2D eigenvalue weighted by molar-refractivity contribution is 0.0652. The minimum absolute atomic E-state index is 0.0747. The summed E-state index contributed by atoms with van der Waals surface area (Å²) >= 11 is 0. The smallest absolute Gasteiger partial charge is 0.264 e. The zero-order chi connectivity index (χ0) is 34.8. The molecule has 1 fully saturated rings. The van der Waals surface area contributed by atoms with E-state index in [0.717, 1.165) is 54.6 Å². The molecule has 1 N–H and O–H groups in total. The van der Waals surface area contributed by atoms with Gasteiger partial charge in [-0.15, -0.1) is 0 Å². The average molecular weight is 684 g/mol. The fourth-order valence-electron chi connectivity index (χ4n) is 6.52. The van der Waals surface area contributed by atoms with Gasteiger partial charge in [0.1, 0.15) is 5.82 Å². The highest BCUT2D eigenvalue weighted by molar-refractivity contribution is 7.92. The van der Waals surface area contributed by atoms with Gasteiger partial charge in [-0.1, -0.05) is 38.1 Å². The summed E-state index contributed by atoms with van der Waals surface area (Å²) in [6.45, 7) is 9.34. The molecule has 4 bridgehead atoms. The van der Waals surface area contributed by atoms with Gasteiger partial charge in [-0.25, -0.2) is 23.1 Å². The van der Waals surface area contributed by atoms with Crippen LogP contribution in [0.5, 0.6) is 5.88 Å². The Labute approximate surface area is 289 Å². The number of carbonyl (C=O) groups is 1. The first-order chi connectivity index (χ1) is 23.4. The summed E-state index contributed by atoms with van der Waals surface area (Å²) in [4.78, 5) is 36.5. The number of rotatable bonds is 5. The predicted molar refractivity (Wildman–Crippen MR) is 190 cm³/mol. The van der Waals surface area contributed by atoms with E-state index in [1.54, 1.807) is 35.5 Å². The van der Waals surface area contributed by atoms with Crippen LogP contribution in [0.1, 0.15) is 79.6 Å². The summed E-state index contributed by atoms with van der Waals surface area (Å²) in [6.07, 6.45) is 9.39. The van der Waals surface area contributed by atoms with Gasteiger partial charge in [0.15, 0.2) is 0 Å². The second-order valence-electron chi connectivity index (χ2n) is 14.0. The third-order valence-corrected chi connectivity index (χ3v) is 10.8. The zero-order valence-electron chi connectivity index (χ0n) is 28.9. The Balaban J connectivity index is 1.35. The van der Waals surface area contributed by atoms with Crippen molar-refractivity contribution < 1.29 is 17.9 Å². The van der Waals surface area contributed by atoms with Crippen LogP contribution in [0.15, 0.2) is 65.8 Å². The summed E-state index contributed by atoms with van der Waals surface area (Å²) < 4.78 is 36.2. The number of hydrogen-bond acceptors (Lipinski definition) is 9. The number of benzene rings is 2. The van der Waals surface area contributed by atoms with Gasteiger partial charge in [0.05, 0.1) is 41.8 Å². The first-order valence-corrected chi connectivity index (χ1v) is 18.4. The van der Waals surface area contributed by atoms with Crippen LogP contribution in [0, 0.1) is 19.3 Å². The fraction of sp³-hybridized carbons (Fsp3) is 0.432. The first kappa shape index (κ1) is 34.3. The molecular weight excluding hydrogens is 639 g/mol. The molecule has 6 rings (SSSR count). The number of sulfonamides is 1. The number of aryl methyl sites for hydroxylation is 2. The van der Waals surface area contributed by atoms with Gasteiger partial charge >= 0.3 is 0 Å². The van der Waals surface area contributed by atoms with Crippen LogP contribution in [-0.2, 0) is 16.6 Å². The summed E-state index contributed by atoms with van der Waals surface area (Å²) in [6, 6.07) is 14.2. The van der Waals surface area contributed by atoms with Crippen molar-refractivity contribution in [2.24, 2.45) is 5.41 Å². The van der Waals surface area contributed by atoms with Crippen molar-refractivity contribution in [3.05, 3.63) is 83.3 Å². The lowest BCUT2D eigenvalue weighted by Crippen LogP contribution is -2.39. The van der Waals surface area contributed by atoms with Gasteiger partial charge in [-0.05, 0) is 87.1 Å². The SMILES string of the molecule is Cc1cccc(C)c1-c1cc2nc(n1)NS(=O)(=O)c1cccc(c1)C(=O)N(Cc1cncc(N(C)C3CCC3)n1)CC(C)(C)CCCCO2. The number of anilines is 2. The van der Waals surface area contributed by atoms with Crippen LogP contribution in [0.3, 0.4) is 0 Å². The monoisotopic (exact) mass is 683 g/mol. The van der Waals surface area contributed by atoms with E-state index in [4.69, 9.17) is 9.72 Å². The number of aromatic nitrogens is 4. The molecule has 2 aromatic carbocycles. The molecule has 1 saturated carbocycles. The molecule has 12 heteroatoms. The van der Waals surface area contributed by atoms with Crippen molar-refractivity contribution in [2.75, 3.05) is 29.8 Å². The number of hydrogen-bond donors (Lipinski definition) is 1. The average Bonchev–Trinajstić information content (AvgIpc) is 3.02. The maximum atomic E-state index is 14.3. The van der Waals surface area contributed by atoms with E-state index >= 15 is 0 Å². The molecule has 1 aliphatic carbocycles. The Morgan fingerprint density at radius 3 is 2.47 bits per heavy atom. The highest BCUT2D eigenvalue weighted by atomic mass is 32.2. The lowest BCUT2D eigenvalue weighted by Gasteiger charge is -2.36. The van der Waals surface area contributed by atoms with Gasteiger partial charge in [-0.2, -0.15) is 4.98 Å². The topological polar surface area (TPSA) is 131 Å². The number of nitrogens with zero attached hydrogens (tertiary/aromatic N) is 6. The molecule has 2 aromatic heterocycles. The number of carbonyl (C=O) groups excluding carboxylic acids is 1. The Hall–Kier alpha value is -4.58. The molecule has 3 heterocycles. The van der Waals surface area contributed by atoms with Crippen molar-refractivity contribution >= 4 is 27.7 Å².